The van der Waals surface area contributed by atoms with Gasteiger partial charge in [-0.1, -0.05) is 11.6 Å². The fourth-order valence-corrected chi connectivity index (χ4v) is 2.93. The fourth-order valence-electron chi connectivity index (χ4n) is 1.54. The zero-order valence-corrected chi connectivity index (χ0v) is 10.4. The first kappa shape index (κ1) is 11.7. The van der Waals surface area contributed by atoms with Crippen LogP contribution in [0.3, 0.4) is 0 Å². The lowest BCUT2D eigenvalue weighted by Crippen LogP contribution is -2.29. The van der Waals surface area contributed by atoms with Crippen molar-refractivity contribution < 1.29 is 4.42 Å². The van der Waals surface area contributed by atoms with Gasteiger partial charge in [-0.05, 0) is 30.0 Å². The number of furan rings is 1. The Kier molecular flexibility index (Phi) is 3.66. The Balaban J connectivity index is 2.20. The number of hydrogen-bond donors (Lipinski definition) is 2. The summed E-state index contributed by atoms with van der Waals surface area (Å²) >= 11 is 7.82. The predicted octanol–water partition coefficient (Wildman–Crippen LogP) is 3.05. The average molecular weight is 257 g/mol. The minimum atomic E-state index is -0.00245. The van der Waals surface area contributed by atoms with Gasteiger partial charge in [0.05, 0.1) is 17.3 Å². The van der Waals surface area contributed by atoms with E-state index in [1.54, 1.807) is 17.6 Å². The first-order valence-electron chi connectivity index (χ1n) is 4.94. The van der Waals surface area contributed by atoms with Crippen molar-refractivity contribution in [1.29, 1.82) is 0 Å². The lowest BCUT2D eigenvalue weighted by Gasteiger charge is -2.13. The van der Waals surface area contributed by atoms with Gasteiger partial charge in [-0.3, -0.25) is 11.3 Å². The van der Waals surface area contributed by atoms with Gasteiger partial charge in [0.1, 0.15) is 5.76 Å². The number of hydrazine groups is 1. The number of thiophene rings is 1. The summed E-state index contributed by atoms with van der Waals surface area (Å²) in [5, 5.41) is 2.82. The minimum Gasteiger partial charge on any atom is -0.469 e. The van der Waals surface area contributed by atoms with Crippen LogP contribution in [0.5, 0.6) is 0 Å². The SMILES string of the molecule is Cc1csc(C(Cc2ccco2)NN)c1Cl. The minimum absolute atomic E-state index is 0.00245. The quantitative estimate of drug-likeness (QED) is 0.653. The molecule has 2 aromatic rings. The molecule has 0 fully saturated rings. The summed E-state index contributed by atoms with van der Waals surface area (Å²) in [5.41, 5.74) is 3.86. The van der Waals surface area contributed by atoms with Crippen molar-refractivity contribution in [3.63, 3.8) is 0 Å². The molecule has 0 saturated heterocycles. The predicted molar refractivity (Wildman–Crippen MR) is 66.5 cm³/mol. The van der Waals surface area contributed by atoms with Gasteiger partial charge in [-0.15, -0.1) is 11.3 Å². The zero-order chi connectivity index (χ0) is 11.5. The van der Waals surface area contributed by atoms with E-state index in [4.69, 9.17) is 21.9 Å². The van der Waals surface area contributed by atoms with Crippen molar-refractivity contribution in [2.75, 3.05) is 0 Å². The van der Waals surface area contributed by atoms with Gasteiger partial charge in [0.2, 0.25) is 0 Å². The second-order valence-corrected chi connectivity index (χ2v) is 4.89. The zero-order valence-electron chi connectivity index (χ0n) is 8.87. The van der Waals surface area contributed by atoms with E-state index in [-0.39, 0.29) is 6.04 Å². The standard InChI is InChI=1S/C11H13ClN2OS/c1-7-6-16-11(10(7)12)9(14-13)5-8-3-2-4-15-8/h2-4,6,9,14H,5,13H2,1H3. The maximum atomic E-state index is 6.21. The average Bonchev–Trinajstić information content (AvgIpc) is 2.88. The molecule has 0 saturated carbocycles. The van der Waals surface area contributed by atoms with E-state index < -0.39 is 0 Å². The highest BCUT2D eigenvalue weighted by Gasteiger charge is 2.18. The van der Waals surface area contributed by atoms with Crippen LogP contribution in [0.2, 0.25) is 5.02 Å². The molecule has 0 aliphatic carbocycles. The van der Waals surface area contributed by atoms with Crippen LogP contribution in [0.4, 0.5) is 0 Å². The number of hydrogen-bond acceptors (Lipinski definition) is 4. The lowest BCUT2D eigenvalue weighted by atomic mass is 10.1. The molecule has 0 spiro atoms. The van der Waals surface area contributed by atoms with Gasteiger partial charge in [-0.25, -0.2) is 0 Å². The van der Waals surface area contributed by atoms with Crippen LogP contribution in [-0.4, -0.2) is 0 Å². The summed E-state index contributed by atoms with van der Waals surface area (Å²) in [4.78, 5) is 1.05. The third-order valence-corrected chi connectivity index (χ3v) is 4.26. The summed E-state index contributed by atoms with van der Waals surface area (Å²) in [6.45, 7) is 1.99. The normalized spacial score (nSPS) is 12.9. The van der Waals surface area contributed by atoms with Crippen LogP contribution in [0.1, 0.15) is 22.2 Å². The molecule has 3 N–H and O–H groups in total. The van der Waals surface area contributed by atoms with Gasteiger partial charge < -0.3 is 4.42 Å². The highest BCUT2D eigenvalue weighted by molar-refractivity contribution is 7.10. The molecule has 0 bridgehead atoms. The van der Waals surface area contributed by atoms with E-state index in [1.807, 2.05) is 24.4 Å². The van der Waals surface area contributed by atoms with E-state index >= 15 is 0 Å². The molecule has 0 aliphatic heterocycles. The van der Waals surface area contributed by atoms with E-state index in [0.717, 1.165) is 21.2 Å². The molecule has 0 aliphatic rings. The molecule has 1 unspecified atom stereocenters. The number of aryl methyl sites for hydroxylation is 1. The van der Waals surface area contributed by atoms with Crippen LogP contribution in [-0.2, 0) is 6.42 Å². The maximum Gasteiger partial charge on any atom is 0.105 e. The smallest absolute Gasteiger partial charge is 0.105 e. The molecule has 16 heavy (non-hydrogen) atoms. The molecule has 86 valence electrons. The van der Waals surface area contributed by atoms with Gasteiger partial charge in [0.25, 0.3) is 0 Å². The highest BCUT2D eigenvalue weighted by Crippen LogP contribution is 2.33. The number of nitrogens with two attached hydrogens (primary N) is 1. The first-order valence-corrected chi connectivity index (χ1v) is 6.20. The fraction of sp³-hybridized carbons (Fsp3) is 0.273. The molecule has 0 amide bonds. The second-order valence-electron chi connectivity index (χ2n) is 3.60. The molecule has 1 atom stereocenters. The summed E-state index contributed by atoms with van der Waals surface area (Å²) in [6.07, 6.45) is 2.35. The summed E-state index contributed by atoms with van der Waals surface area (Å²) in [6, 6.07) is 3.79. The third-order valence-electron chi connectivity index (χ3n) is 2.43. The van der Waals surface area contributed by atoms with E-state index in [0.29, 0.717) is 6.42 Å². The van der Waals surface area contributed by atoms with Gasteiger partial charge >= 0.3 is 0 Å². The van der Waals surface area contributed by atoms with E-state index in [1.165, 1.54) is 0 Å². The molecule has 0 radical (unpaired) electrons. The number of halogens is 1. The molecule has 2 aromatic heterocycles. The van der Waals surface area contributed by atoms with Gasteiger partial charge in [0.15, 0.2) is 0 Å². The maximum absolute atomic E-state index is 6.21. The third kappa shape index (κ3) is 2.30. The molecule has 5 heteroatoms. The van der Waals surface area contributed by atoms with Crippen LogP contribution < -0.4 is 11.3 Å². The number of nitrogens with one attached hydrogen (secondary N) is 1. The molecule has 2 heterocycles. The Morgan fingerprint density at radius 3 is 2.94 bits per heavy atom. The highest BCUT2D eigenvalue weighted by atomic mass is 35.5. The summed E-state index contributed by atoms with van der Waals surface area (Å²) < 4.78 is 5.30. The topological polar surface area (TPSA) is 51.2 Å². The van der Waals surface area contributed by atoms with Crippen molar-refractivity contribution in [2.45, 2.75) is 19.4 Å². The van der Waals surface area contributed by atoms with Crippen molar-refractivity contribution in [2.24, 2.45) is 5.84 Å². The molecule has 3 nitrogen and oxygen atoms in total. The number of rotatable bonds is 4. The lowest BCUT2D eigenvalue weighted by molar-refractivity contribution is 0.458. The van der Waals surface area contributed by atoms with Crippen LogP contribution in [0, 0.1) is 6.92 Å². The van der Waals surface area contributed by atoms with Crippen LogP contribution in [0.15, 0.2) is 28.2 Å². The Morgan fingerprint density at radius 1 is 1.62 bits per heavy atom. The Bertz CT molecular complexity index is 453. The van der Waals surface area contributed by atoms with Crippen LogP contribution >= 0.6 is 22.9 Å². The van der Waals surface area contributed by atoms with Crippen LogP contribution in [0.25, 0.3) is 0 Å². The molecular weight excluding hydrogens is 244 g/mol. The van der Waals surface area contributed by atoms with E-state index in [9.17, 15) is 0 Å². The van der Waals surface area contributed by atoms with Gasteiger partial charge in [-0.2, -0.15) is 0 Å². The molecular formula is C11H13ClN2OS. The van der Waals surface area contributed by atoms with E-state index in [2.05, 4.69) is 5.43 Å². The van der Waals surface area contributed by atoms with Gasteiger partial charge in [0, 0.05) is 11.3 Å². The molecule has 2 rings (SSSR count). The molecule has 0 aromatic carbocycles. The Hall–Kier alpha value is -0.810. The van der Waals surface area contributed by atoms with Crippen molar-refractivity contribution in [3.8, 4) is 0 Å². The monoisotopic (exact) mass is 256 g/mol. The Labute approximate surface area is 103 Å². The summed E-state index contributed by atoms with van der Waals surface area (Å²) in [5.74, 6) is 6.45. The largest absolute Gasteiger partial charge is 0.469 e. The first-order chi connectivity index (χ1) is 7.72. The van der Waals surface area contributed by atoms with Crippen molar-refractivity contribution in [3.05, 3.63) is 45.0 Å². The van der Waals surface area contributed by atoms with Crippen molar-refractivity contribution in [1.82, 2.24) is 5.43 Å². The van der Waals surface area contributed by atoms with Crippen molar-refractivity contribution >= 4 is 22.9 Å². The second kappa shape index (κ2) is 5.01. The summed E-state index contributed by atoms with van der Waals surface area (Å²) in [7, 11) is 0. The Morgan fingerprint density at radius 2 is 2.44 bits per heavy atom.